The van der Waals surface area contributed by atoms with Gasteiger partial charge in [-0.2, -0.15) is 9.04 Å². The summed E-state index contributed by atoms with van der Waals surface area (Å²) in [4.78, 5) is 39.0. The minimum absolute atomic E-state index is 0.0378. The molecule has 2 fully saturated rings. The van der Waals surface area contributed by atoms with Gasteiger partial charge in [0, 0.05) is 18.7 Å². The number of nitrogens with zero attached hydrogens (tertiary/aromatic N) is 2. The Morgan fingerprint density at radius 1 is 1.11 bits per heavy atom. The zero-order chi connectivity index (χ0) is 26.4. The van der Waals surface area contributed by atoms with Crippen LogP contribution >= 0.6 is 0 Å². The summed E-state index contributed by atoms with van der Waals surface area (Å²) in [6, 6.07) is 5.37. The summed E-state index contributed by atoms with van der Waals surface area (Å²) in [6.45, 7) is -0.426. The molecule has 3 heterocycles. The fourth-order valence-corrected chi connectivity index (χ4v) is 6.47. The zero-order valence-electron chi connectivity index (χ0n) is 20.5. The van der Waals surface area contributed by atoms with E-state index in [9.17, 15) is 28.0 Å². The van der Waals surface area contributed by atoms with Gasteiger partial charge in [0.25, 0.3) is 5.91 Å². The molecule has 2 amide bonds. The number of nitrogens with one attached hydrogen (secondary N) is 2. The molecular formula is C25H32N4O7S. The summed E-state index contributed by atoms with van der Waals surface area (Å²) in [5.41, 5.74) is 0. The lowest BCUT2D eigenvalue weighted by molar-refractivity contribution is -0.646. The van der Waals surface area contributed by atoms with Gasteiger partial charge >= 0.3 is 15.0 Å². The van der Waals surface area contributed by atoms with E-state index in [2.05, 4.69) is 10.6 Å². The molecule has 0 bridgehead atoms. The molecule has 1 aliphatic heterocycles. The number of ketones is 1. The van der Waals surface area contributed by atoms with E-state index in [0.29, 0.717) is 12.8 Å². The number of sulfonamides is 1. The summed E-state index contributed by atoms with van der Waals surface area (Å²) < 4.78 is 32.4. The summed E-state index contributed by atoms with van der Waals surface area (Å²) in [7, 11) is -4.19. The molecule has 4 rings (SSSR count). The van der Waals surface area contributed by atoms with Crippen molar-refractivity contribution in [3.05, 3.63) is 53.8 Å². The SMILES string of the molecule is O=C(N[C@@H](CC1CCCCC1)C(=O)N[C@@H]1CCCN(S(=O)(=O)c2cccc[n+]2[O-])CC1=O)c1ccco1. The maximum absolute atomic E-state index is 13.3. The van der Waals surface area contributed by atoms with Crippen LogP contribution in [-0.2, 0) is 19.6 Å². The van der Waals surface area contributed by atoms with Crippen LogP contribution in [0.3, 0.4) is 0 Å². The summed E-state index contributed by atoms with van der Waals surface area (Å²) in [5.74, 6) is -1.11. The van der Waals surface area contributed by atoms with Gasteiger partial charge in [-0.1, -0.05) is 32.1 Å². The molecular weight excluding hydrogens is 500 g/mol. The van der Waals surface area contributed by atoms with Gasteiger partial charge in [0.05, 0.1) is 18.8 Å². The lowest BCUT2D eigenvalue weighted by Crippen LogP contribution is -2.53. The van der Waals surface area contributed by atoms with E-state index in [1.54, 1.807) is 6.07 Å². The molecule has 2 aliphatic rings. The Balaban J connectivity index is 1.44. The second-order valence-electron chi connectivity index (χ2n) is 9.62. The van der Waals surface area contributed by atoms with Crippen LogP contribution in [0.25, 0.3) is 0 Å². The number of Topliss-reactive ketones (excluding diaryl/α,β-unsaturated/α-hetero) is 1. The maximum atomic E-state index is 13.3. The monoisotopic (exact) mass is 532 g/mol. The van der Waals surface area contributed by atoms with Gasteiger partial charge < -0.3 is 20.3 Å². The van der Waals surface area contributed by atoms with Gasteiger partial charge in [-0.15, -0.1) is 0 Å². The molecule has 37 heavy (non-hydrogen) atoms. The zero-order valence-corrected chi connectivity index (χ0v) is 21.3. The number of hydrogen-bond acceptors (Lipinski definition) is 7. The van der Waals surface area contributed by atoms with E-state index in [0.717, 1.165) is 42.6 Å². The van der Waals surface area contributed by atoms with Crippen LogP contribution in [-0.4, -0.2) is 55.5 Å². The first kappa shape index (κ1) is 26.8. The highest BCUT2D eigenvalue weighted by Gasteiger charge is 2.37. The number of furan rings is 1. The third-order valence-corrected chi connectivity index (χ3v) is 8.83. The quantitative estimate of drug-likeness (QED) is 0.386. The predicted octanol–water partition coefficient (Wildman–Crippen LogP) is 1.52. The van der Waals surface area contributed by atoms with E-state index in [1.807, 2.05) is 0 Å². The van der Waals surface area contributed by atoms with Gasteiger partial charge in [0.2, 0.25) is 5.91 Å². The highest BCUT2D eigenvalue weighted by molar-refractivity contribution is 7.89. The Bertz CT molecular complexity index is 1210. The van der Waals surface area contributed by atoms with E-state index >= 15 is 0 Å². The average Bonchev–Trinajstić information content (AvgIpc) is 3.36. The smallest absolute Gasteiger partial charge is 0.323 e. The van der Waals surface area contributed by atoms with Crippen molar-refractivity contribution in [2.75, 3.05) is 13.1 Å². The number of hydrogen-bond donors (Lipinski definition) is 2. The Labute approximate surface area is 215 Å². The van der Waals surface area contributed by atoms with E-state index in [4.69, 9.17) is 4.42 Å². The van der Waals surface area contributed by atoms with Gasteiger partial charge in [0.1, 0.15) is 6.04 Å². The van der Waals surface area contributed by atoms with Gasteiger partial charge in [-0.25, -0.2) is 8.42 Å². The normalized spacial score (nSPS) is 20.6. The van der Waals surface area contributed by atoms with Crippen molar-refractivity contribution in [3.8, 4) is 0 Å². The van der Waals surface area contributed by atoms with E-state index < -0.39 is 51.3 Å². The number of rotatable bonds is 8. The maximum Gasteiger partial charge on any atom is 0.323 e. The molecule has 1 saturated heterocycles. The van der Waals surface area contributed by atoms with Crippen LogP contribution in [0.1, 0.15) is 61.9 Å². The van der Waals surface area contributed by atoms with Gasteiger partial charge in [-0.3, -0.25) is 14.4 Å². The number of carbonyl (C=O) groups is 3. The Hall–Kier alpha value is -3.25. The van der Waals surface area contributed by atoms with Crippen molar-refractivity contribution in [2.45, 2.75) is 68.5 Å². The summed E-state index contributed by atoms with van der Waals surface area (Å²) in [5, 5.41) is 17.1. The first-order chi connectivity index (χ1) is 17.8. The minimum Gasteiger partial charge on any atom is -0.618 e. The Kier molecular flexibility index (Phi) is 8.59. The number of carbonyl (C=O) groups excluding carboxylic acids is 3. The minimum atomic E-state index is -4.19. The number of pyridine rings is 1. The second kappa shape index (κ2) is 11.9. The molecule has 0 unspecified atom stereocenters. The molecule has 0 spiro atoms. The molecule has 2 aromatic rings. The van der Waals surface area contributed by atoms with Crippen LogP contribution in [0.2, 0.25) is 0 Å². The average molecular weight is 533 g/mol. The summed E-state index contributed by atoms with van der Waals surface area (Å²) >= 11 is 0. The molecule has 0 radical (unpaired) electrons. The second-order valence-corrected chi connectivity index (χ2v) is 11.5. The fraction of sp³-hybridized carbons (Fsp3) is 0.520. The molecule has 0 aromatic carbocycles. The van der Waals surface area contributed by atoms with Crippen molar-refractivity contribution in [3.63, 3.8) is 0 Å². The fourth-order valence-electron chi connectivity index (χ4n) is 5.00. The van der Waals surface area contributed by atoms with Crippen molar-refractivity contribution >= 4 is 27.6 Å². The molecule has 2 aromatic heterocycles. The van der Waals surface area contributed by atoms with Crippen molar-refractivity contribution < 1.29 is 31.9 Å². The van der Waals surface area contributed by atoms with Crippen LogP contribution < -0.4 is 15.4 Å². The number of aromatic nitrogens is 1. The molecule has 200 valence electrons. The molecule has 2 atom stereocenters. The molecule has 11 nitrogen and oxygen atoms in total. The third-order valence-electron chi connectivity index (χ3n) is 6.99. The number of amides is 2. The van der Waals surface area contributed by atoms with E-state index in [-0.39, 0.29) is 29.4 Å². The van der Waals surface area contributed by atoms with Crippen LogP contribution in [0.5, 0.6) is 0 Å². The summed E-state index contributed by atoms with van der Waals surface area (Å²) in [6.07, 6.45) is 8.68. The first-order valence-electron chi connectivity index (χ1n) is 12.6. The van der Waals surface area contributed by atoms with Crippen molar-refractivity contribution in [2.24, 2.45) is 5.92 Å². The van der Waals surface area contributed by atoms with Gasteiger partial charge in [-0.05, 0) is 43.4 Å². The van der Waals surface area contributed by atoms with Crippen LogP contribution in [0.4, 0.5) is 0 Å². The van der Waals surface area contributed by atoms with Gasteiger partial charge in [0.15, 0.2) is 17.7 Å². The topological polar surface area (TPSA) is 153 Å². The van der Waals surface area contributed by atoms with Crippen molar-refractivity contribution in [1.82, 2.24) is 14.9 Å². The lowest BCUT2D eigenvalue weighted by atomic mass is 9.84. The molecule has 1 aliphatic carbocycles. The Morgan fingerprint density at radius 2 is 1.89 bits per heavy atom. The Morgan fingerprint density at radius 3 is 2.59 bits per heavy atom. The highest BCUT2D eigenvalue weighted by Crippen LogP contribution is 2.27. The molecule has 1 saturated carbocycles. The van der Waals surface area contributed by atoms with E-state index in [1.165, 1.54) is 30.5 Å². The standard InChI is InChI=1S/C25H32N4O7S/c30-21-17-28(37(34,35)23-12-4-5-14-29(23)33)13-6-10-19(21)26-24(31)20(16-18-8-2-1-3-9-18)27-25(32)22-11-7-15-36-22/h4-5,7,11-12,14-15,18-20H,1-3,6,8-10,13,16-17H2,(H,26,31)(H,27,32)/t19-,20+/m1/s1. The largest absolute Gasteiger partial charge is 0.618 e. The lowest BCUT2D eigenvalue weighted by Gasteiger charge is -2.27. The molecule has 2 N–H and O–H groups in total. The van der Waals surface area contributed by atoms with Crippen molar-refractivity contribution in [1.29, 1.82) is 0 Å². The molecule has 12 heteroatoms. The highest BCUT2D eigenvalue weighted by atomic mass is 32.2. The van der Waals surface area contributed by atoms with Crippen LogP contribution in [0, 0.1) is 11.1 Å². The third kappa shape index (κ3) is 6.55. The van der Waals surface area contributed by atoms with Crippen LogP contribution in [0.15, 0.2) is 52.2 Å². The predicted molar refractivity (Wildman–Crippen MR) is 131 cm³/mol. The first-order valence-corrected chi connectivity index (χ1v) is 14.1.